The number of likely N-dealkylation sites (tertiary alicyclic amines) is 1. The predicted molar refractivity (Wildman–Crippen MR) is 87.6 cm³/mol. The number of carbonyl (C=O) groups is 1. The Labute approximate surface area is 134 Å². The molecule has 4 nitrogen and oxygen atoms in total. The number of hydrogen-bond donors (Lipinski definition) is 0. The first-order valence-corrected chi connectivity index (χ1v) is 8.60. The Morgan fingerprint density at radius 1 is 1.27 bits per heavy atom. The van der Waals surface area contributed by atoms with Crippen molar-refractivity contribution >= 4 is 5.91 Å². The second kappa shape index (κ2) is 8.11. The zero-order valence-electron chi connectivity index (χ0n) is 14.2. The summed E-state index contributed by atoms with van der Waals surface area (Å²) in [6.07, 6.45) is 7.14. The van der Waals surface area contributed by atoms with Crippen molar-refractivity contribution in [2.24, 2.45) is 17.3 Å². The van der Waals surface area contributed by atoms with Crippen molar-refractivity contribution < 1.29 is 14.3 Å². The molecule has 0 aromatic heterocycles. The standard InChI is InChI=1S/C18H31NO3/c1-4-18(2,9-14-21-3)17(20)19-10-5-15(6-11-19)16-7-12-22-13-8-16/h4,15-16H,1,5-14H2,2-3H3/t18-/m1/s1. The second-order valence-electron chi connectivity index (χ2n) is 6.94. The monoisotopic (exact) mass is 309 g/mol. The minimum Gasteiger partial charge on any atom is -0.385 e. The molecule has 2 saturated heterocycles. The van der Waals surface area contributed by atoms with E-state index in [1.54, 1.807) is 13.2 Å². The Bertz CT molecular complexity index is 371. The largest absolute Gasteiger partial charge is 0.385 e. The van der Waals surface area contributed by atoms with Gasteiger partial charge in [-0.05, 0) is 50.9 Å². The summed E-state index contributed by atoms with van der Waals surface area (Å²) in [5.41, 5.74) is -0.498. The van der Waals surface area contributed by atoms with Crippen LogP contribution in [0.25, 0.3) is 0 Å². The molecule has 0 N–H and O–H groups in total. The lowest BCUT2D eigenvalue weighted by atomic mass is 9.79. The summed E-state index contributed by atoms with van der Waals surface area (Å²) >= 11 is 0. The molecule has 4 heteroatoms. The van der Waals surface area contributed by atoms with E-state index in [1.807, 2.05) is 11.8 Å². The second-order valence-corrected chi connectivity index (χ2v) is 6.94. The third-order valence-corrected chi connectivity index (χ3v) is 5.52. The van der Waals surface area contributed by atoms with Crippen molar-refractivity contribution in [3.8, 4) is 0 Å². The molecule has 0 aromatic rings. The van der Waals surface area contributed by atoms with Gasteiger partial charge in [-0.25, -0.2) is 0 Å². The van der Waals surface area contributed by atoms with Crippen molar-refractivity contribution in [3.63, 3.8) is 0 Å². The molecule has 0 aromatic carbocycles. The van der Waals surface area contributed by atoms with Crippen LogP contribution in [0.2, 0.25) is 0 Å². The van der Waals surface area contributed by atoms with Crippen LogP contribution in [0.4, 0.5) is 0 Å². The number of methoxy groups -OCH3 is 1. The van der Waals surface area contributed by atoms with Gasteiger partial charge in [-0.15, -0.1) is 6.58 Å². The van der Waals surface area contributed by atoms with Gasteiger partial charge in [0.05, 0.1) is 5.41 Å². The highest BCUT2D eigenvalue weighted by Gasteiger charge is 2.36. The van der Waals surface area contributed by atoms with E-state index in [4.69, 9.17) is 9.47 Å². The van der Waals surface area contributed by atoms with E-state index in [-0.39, 0.29) is 5.91 Å². The highest BCUT2D eigenvalue weighted by Crippen LogP contribution is 2.34. The van der Waals surface area contributed by atoms with Gasteiger partial charge in [-0.3, -0.25) is 4.79 Å². The summed E-state index contributed by atoms with van der Waals surface area (Å²) in [7, 11) is 1.67. The number of carbonyl (C=O) groups excluding carboxylic acids is 1. The van der Waals surface area contributed by atoms with E-state index < -0.39 is 5.41 Å². The van der Waals surface area contributed by atoms with Crippen LogP contribution in [-0.4, -0.2) is 50.8 Å². The number of amides is 1. The minimum atomic E-state index is -0.498. The minimum absolute atomic E-state index is 0.213. The maximum Gasteiger partial charge on any atom is 0.232 e. The lowest BCUT2D eigenvalue weighted by Gasteiger charge is -2.40. The zero-order valence-corrected chi connectivity index (χ0v) is 14.2. The molecule has 0 spiro atoms. The van der Waals surface area contributed by atoms with E-state index >= 15 is 0 Å². The van der Waals surface area contributed by atoms with Gasteiger partial charge in [0.1, 0.15) is 0 Å². The Morgan fingerprint density at radius 3 is 2.41 bits per heavy atom. The average molecular weight is 309 g/mol. The summed E-state index contributed by atoms with van der Waals surface area (Å²) in [4.78, 5) is 14.9. The van der Waals surface area contributed by atoms with Gasteiger partial charge in [-0.2, -0.15) is 0 Å². The molecular formula is C18H31NO3. The maximum absolute atomic E-state index is 12.8. The fourth-order valence-corrected chi connectivity index (χ4v) is 3.73. The molecular weight excluding hydrogens is 278 g/mol. The van der Waals surface area contributed by atoms with Gasteiger partial charge in [0.25, 0.3) is 0 Å². The number of rotatable bonds is 6. The lowest BCUT2D eigenvalue weighted by Crippen LogP contribution is -2.47. The first kappa shape index (κ1) is 17.5. The summed E-state index contributed by atoms with van der Waals surface area (Å²) in [5.74, 6) is 1.78. The van der Waals surface area contributed by atoms with E-state index in [1.165, 1.54) is 12.8 Å². The van der Waals surface area contributed by atoms with E-state index in [0.29, 0.717) is 13.0 Å². The van der Waals surface area contributed by atoms with Crippen LogP contribution in [0.3, 0.4) is 0 Å². The van der Waals surface area contributed by atoms with E-state index in [0.717, 1.165) is 51.0 Å². The van der Waals surface area contributed by atoms with Crippen molar-refractivity contribution in [2.45, 2.75) is 39.0 Å². The molecule has 1 atom stereocenters. The maximum atomic E-state index is 12.8. The fourth-order valence-electron chi connectivity index (χ4n) is 3.73. The SMILES string of the molecule is C=C[C@](C)(CCOC)C(=O)N1CCC(C2CCOCC2)CC1. The lowest BCUT2D eigenvalue weighted by molar-refractivity contribution is -0.141. The predicted octanol–water partition coefficient (Wildman–Crippen LogP) is 2.88. The molecule has 0 aliphatic carbocycles. The zero-order chi connectivity index (χ0) is 16.0. The van der Waals surface area contributed by atoms with Crippen molar-refractivity contribution in [1.29, 1.82) is 0 Å². The van der Waals surface area contributed by atoms with Crippen LogP contribution in [0, 0.1) is 17.3 Å². The highest BCUT2D eigenvalue weighted by molar-refractivity contribution is 5.84. The van der Waals surface area contributed by atoms with Gasteiger partial charge >= 0.3 is 0 Å². The average Bonchev–Trinajstić information content (AvgIpc) is 2.60. The molecule has 2 rings (SSSR count). The molecule has 2 aliphatic rings. The Hall–Kier alpha value is -0.870. The smallest absolute Gasteiger partial charge is 0.232 e. The molecule has 126 valence electrons. The number of nitrogens with zero attached hydrogens (tertiary/aromatic N) is 1. The van der Waals surface area contributed by atoms with Gasteiger partial charge in [0, 0.05) is 40.0 Å². The van der Waals surface area contributed by atoms with Crippen LogP contribution in [0.1, 0.15) is 39.0 Å². The number of ether oxygens (including phenoxy) is 2. The van der Waals surface area contributed by atoms with Crippen molar-refractivity contribution in [1.82, 2.24) is 4.90 Å². The summed E-state index contributed by atoms with van der Waals surface area (Å²) in [6, 6.07) is 0. The molecule has 0 radical (unpaired) electrons. The molecule has 2 fully saturated rings. The van der Waals surface area contributed by atoms with Crippen LogP contribution >= 0.6 is 0 Å². The number of piperidine rings is 1. The molecule has 0 unspecified atom stereocenters. The molecule has 0 saturated carbocycles. The Morgan fingerprint density at radius 2 is 1.86 bits per heavy atom. The Balaban J connectivity index is 1.86. The summed E-state index contributed by atoms with van der Waals surface area (Å²) in [6.45, 7) is 10.0. The topological polar surface area (TPSA) is 38.8 Å². The van der Waals surface area contributed by atoms with Gasteiger partial charge in [0.15, 0.2) is 0 Å². The molecule has 0 bridgehead atoms. The highest BCUT2D eigenvalue weighted by atomic mass is 16.5. The Kier molecular flexibility index (Phi) is 6.45. The van der Waals surface area contributed by atoms with Crippen molar-refractivity contribution in [2.75, 3.05) is 40.0 Å². The normalized spacial score (nSPS) is 24.0. The number of hydrogen-bond acceptors (Lipinski definition) is 3. The van der Waals surface area contributed by atoms with E-state index in [9.17, 15) is 4.79 Å². The fraction of sp³-hybridized carbons (Fsp3) is 0.833. The van der Waals surface area contributed by atoms with Crippen LogP contribution in [0.5, 0.6) is 0 Å². The van der Waals surface area contributed by atoms with Gasteiger partial charge in [-0.1, -0.05) is 6.08 Å². The first-order chi connectivity index (χ1) is 10.6. The summed E-state index contributed by atoms with van der Waals surface area (Å²) in [5, 5.41) is 0. The van der Waals surface area contributed by atoms with E-state index in [2.05, 4.69) is 6.58 Å². The molecule has 2 aliphatic heterocycles. The molecule has 1 amide bonds. The van der Waals surface area contributed by atoms with Crippen LogP contribution in [0.15, 0.2) is 12.7 Å². The third kappa shape index (κ3) is 4.11. The first-order valence-electron chi connectivity index (χ1n) is 8.60. The third-order valence-electron chi connectivity index (χ3n) is 5.52. The molecule has 22 heavy (non-hydrogen) atoms. The quantitative estimate of drug-likeness (QED) is 0.708. The summed E-state index contributed by atoms with van der Waals surface area (Å²) < 4.78 is 10.6. The molecule has 2 heterocycles. The van der Waals surface area contributed by atoms with Gasteiger partial charge < -0.3 is 14.4 Å². The van der Waals surface area contributed by atoms with Crippen LogP contribution < -0.4 is 0 Å². The van der Waals surface area contributed by atoms with Crippen LogP contribution in [-0.2, 0) is 14.3 Å². The van der Waals surface area contributed by atoms with Gasteiger partial charge in [0.2, 0.25) is 5.91 Å². The van der Waals surface area contributed by atoms with Crippen molar-refractivity contribution in [3.05, 3.63) is 12.7 Å².